The van der Waals surface area contributed by atoms with Crippen molar-refractivity contribution >= 4 is 0 Å². The molecule has 0 bridgehead atoms. The van der Waals surface area contributed by atoms with Gasteiger partial charge < -0.3 is 0 Å². The van der Waals surface area contributed by atoms with Crippen LogP contribution < -0.4 is 5.69 Å². The fraction of sp³-hybridized carbons (Fsp3) is 0.750. The van der Waals surface area contributed by atoms with E-state index in [9.17, 15) is 4.79 Å². The van der Waals surface area contributed by atoms with Crippen molar-refractivity contribution in [2.24, 2.45) is 0 Å². The molecule has 68 valence electrons. The van der Waals surface area contributed by atoms with Crippen molar-refractivity contribution in [3.63, 3.8) is 0 Å². The Morgan fingerprint density at radius 2 is 2.25 bits per heavy atom. The highest BCUT2D eigenvalue weighted by molar-refractivity contribution is 4.80. The molecule has 0 aliphatic carbocycles. The molecule has 0 atom stereocenters. The van der Waals surface area contributed by atoms with Crippen molar-refractivity contribution in [3.05, 3.63) is 16.3 Å². The summed E-state index contributed by atoms with van der Waals surface area (Å²) in [6.07, 6.45) is 3.39. The van der Waals surface area contributed by atoms with Crippen LogP contribution in [-0.4, -0.2) is 14.8 Å². The van der Waals surface area contributed by atoms with Crippen molar-refractivity contribution in [2.75, 3.05) is 0 Å². The minimum absolute atomic E-state index is 0.0939. The molecular weight excluding hydrogens is 154 g/mol. The number of hydrogen-bond acceptors (Lipinski definition) is 2. The van der Waals surface area contributed by atoms with Gasteiger partial charge in [-0.2, -0.15) is 5.10 Å². The molecule has 0 fully saturated rings. The van der Waals surface area contributed by atoms with Crippen LogP contribution in [0.5, 0.6) is 0 Å². The van der Waals surface area contributed by atoms with E-state index in [0.717, 1.165) is 25.2 Å². The van der Waals surface area contributed by atoms with E-state index in [-0.39, 0.29) is 5.69 Å². The first-order valence-electron chi connectivity index (χ1n) is 4.37. The van der Waals surface area contributed by atoms with Crippen LogP contribution in [0.25, 0.3) is 0 Å². The third-order valence-corrected chi connectivity index (χ3v) is 1.93. The first kappa shape index (κ1) is 9.03. The molecule has 1 aromatic rings. The van der Waals surface area contributed by atoms with E-state index in [1.165, 1.54) is 6.42 Å². The van der Waals surface area contributed by atoms with E-state index in [0.29, 0.717) is 0 Å². The van der Waals surface area contributed by atoms with Crippen LogP contribution in [0.4, 0.5) is 0 Å². The van der Waals surface area contributed by atoms with Crippen LogP contribution in [0, 0.1) is 6.92 Å². The van der Waals surface area contributed by atoms with Gasteiger partial charge in [0, 0.05) is 6.54 Å². The molecule has 0 saturated heterocycles. The minimum Gasteiger partial charge on any atom is -0.279 e. The number of H-pyrrole nitrogens is 1. The van der Waals surface area contributed by atoms with Crippen molar-refractivity contribution in [3.8, 4) is 0 Å². The molecule has 0 aromatic carbocycles. The molecule has 0 amide bonds. The van der Waals surface area contributed by atoms with Gasteiger partial charge in [0.15, 0.2) is 0 Å². The molecule has 1 heterocycles. The number of aryl methyl sites for hydroxylation is 1. The summed E-state index contributed by atoms with van der Waals surface area (Å²) < 4.78 is 1.68. The molecular formula is C8H15N3O. The monoisotopic (exact) mass is 169 g/mol. The molecule has 1 rings (SSSR count). The van der Waals surface area contributed by atoms with E-state index in [1.54, 1.807) is 4.57 Å². The summed E-state index contributed by atoms with van der Waals surface area (Å²) in [4.78, 5) is 11.1. The van der Waals surface area contributed by atoms with Gasteiger partial charge in [-0.25, -0.2) is 9.89 Å². The number of nitrogens with one attached hydrogen (secondary N) is 1. The molecule has 4 heteroatoms. The van der Waals surface area contributed by atoms with Gasteiger partial charge in [-0.1, -0.05) is 19.8 Å². The average Bonchev–Trinajstić information content (AvgIpc) is 2.35. The summed E-state index contributed by atoms with van der Waals surface area (Å²) in [5.74, 6) is 0.774. The van der Waals surface area contributed by atoms with E-state index in [4.69, 9.17) is 0 Å². The standard InChI is InChI=1S/C8H15N3O/c1-3-4-5-6-11-7(2)9-10-8(11)12/h3-6H2,1-2H3,(H,10,12). The molecule has 0 radical (unpaired) electrons. The fourth-order valence-electron chi connectivity index (χ4n) is 1.18. The van der Waals surface area contributed by atoms with Crippen molar-refractivity contribution < 1.29 is 0 Å². The number of aromatic amines is 1. The summed E-state index contributed by atoms with van der Waals surface area (Å²) in [5.41, 5.74) is -0.0939. The summed E-state index contributed by atoms with van der Waals surface area (Å²) in [6, 6.07) is 0. The van der Waals surface area contributed by atoms with Crippen molar-refractivity contribution in [1.29, 1.82) is 0 Å². The molecule has 0 aliphatic rings. The Morgan fingerprint density at radius 3 is 2.75 bits per heavy atom. The lowest BCUT2D eigenvalue weighted by Crippen LogP contribution is -2.17. The average molecular weight is 169 g/mol. The molecule has 0 saturated carbocycles. The predicted molar refractivity (Wildman–Crippen MR) is 47.1 cm³/mol. The topological polar surface area (TPSA) is 50.7 Å². The molecule has 1 N–H and O–H groups in total. The fourth-order valence-corrected chi connectivity index (χ4v) is 1.18. The third kappa shape index (κ3) is 1.96. The van der Waals surface area contributed by atoms with Crippen molar-refractivity contribution in [2.45, 2.75) is 39.7 Å². The van der Waals surface area contributed by atoms with Gasteiger partial charge in [0.2, 0.25) is 0 Å². The summed E-state index contributed by atoms with van der Waals surface area (Å²) >= 11 is 0. The van der Waals surface area contributed by atoms with Gasteiger partial charge in [0.25, 0.3) is 0 Å². The number of rotatable bonds is 4. The normalized spacial score (nSPS) is 10.5. The van der Waals surface area contributed by atoms with E-state index >= 15 is 0 Å². The highest BCUT2D eigenvalue weighted by atomic mass is 16.1. The van der Waals surface area contributed by atoms with Gasteiger partial charge in [-0.3, -0.25) is 4.57 Å². The lowest BCUT2D eigenvalue weighted by atomic mass is 10.2. The molecule has 0 spiro atoms. The van der Waals surface area contributed by atoms with Gasteiger partial charge in [-0.15, -0.1) is 0 Å². The Labute approximate surface area is 71.6 Å². The zero-order chi connectivity index (χ0) is 8.97. The second-order valence-electron chi connectivity index (χ2n) is 2.93. The first-order chi connectivity index (χ1) is 5.75. The maximum atomic E-state index is 11.1. The second kappa shape index (κ2) is 4.09. The predicted octanol–water partition coefficient (Wildman–Crippen LogP) is 1.07. The lowest BCUT2D eigenvalue weighted by Gasteiger charge is -2.00. The van der Waals surface area contributed by atoms with Crippen LogP contribution in [0.15, 0.2) is 4.79 Å². The Morgan fingerprint density at radius 1 is 1.50 bits per heavy atom. The van der Waals surface area contributed by atoms with E-state index in [2.05, 4.69) is 17.1 Å². The van der Waals surface area contributed by atoms with Gasteiger partial charge >= 0.3 is 5.69 Å². The van der Waals surface area contributed by atoms with Crippen molar-refractivity contribution in [1.82, 2.24) is 14.8 Å². The highest BCUT2D eigenvalue weighted by Crippen LogP contribution is 1.97. The summed E-state index contributed by atoms with van der Waals surface area (Å²) in [7, 11) is 0. The molecule has 1 aromatic heterocycles. The number of aromatic nitrogens is 3. The Bertz CT molecular complexity index is 287. The van der Waals surface area contributed by atoms with Crippen LogP contribution in [0.3, 0.4) is 0 Å². The van der Waals surface area contributed by atoms with Crippen LogP contribution in [-0.2, 0) is 6.54 Å². The van der Waals surface area contributed by atoms with Crippen LogP contribution in [0.1, 0.15) is 32.0 Å². The first-order valence-corrected chi connectivity index (χ1v) is 4.37. The maximum absolute atomic E-state index is 11.1. The maximum Gasteiger partial charge on any atom is 0.343 e. The zero-order valence-electron chi connectivity index (χ0n) is 7.63. The van der Waals surface area contributed by atoms with E-state index < -0.39 is 0 Å². The molecule has 4 nitrogen and oxygen atoms in total. The Hall–Kier alpha value is -1.06. The molecule has 0 aliphatic heterocycles. The number of nitrogens with zero attached hydrogens (tertiary/aromatic N) is 2. The largest absolute Gasteiger partial charge is 0.343 e. The zero-order valence-corrected chi connectivity index (χ0v) is 7.63. The second-order valence-corrected chi connectivity index (χ2v) is 2.93. The van der Waals surface area contributed by atoms with Gasteiger partial charge in [-0.05, 0) is 13.3 Å². The number of hydrogen-bond donors (Lipinski definition) is 1. The summed E-state index contributed by atoms with van der Waals surface area (Å²) in [5, 5.41) is 6.24. The van der Waals surface area contributed by atoms with Crippen LogP contribution >= 0.6 is 0 Å². The SMILES string of the molecule is CCCCCn1c(C)n[nH]c1=O. The van der Waals surface area contributed by atoms with Crippen LogP contribution in [0.2, 0.25) is 0 Å². The smallest absolute Gasteiger partial charge is 0.279 e. The highest BCUT2D eigenvalue weighted by Gasteiger charge is 2.01. The quantitative estimate of drug-likeness (QED) is 0.685. The molecule has 0 unspecified atom stereocenters. The summed E-state index contributed by atoms with van der Waals surface area (Å²) in [6.45, 7) is 4.77. The Balaban J connectivity index is 2.56. The number of unbranched alkanes of at least 4 members (excludes halogenated alkanes) is 2. The minimum atomic E-state index is -0.0939. The lowest BCUT2D eigenvalue weighted by molar-refractivity contribution is 0.577. The van der Waals surface area contributed by atoms with E-state index in [1.807, 2.05) is 6.92 Å². The Kier molecular flexibility index (Phi) is 3.08. The van der Waals surface area contributed by atoms with Gasteiger partial charge in [0.05, 0.1) is 0 Å². The van der Waals surface area contributed by atoms with Gasteiger partial charge in [0.1, 0.15) is 5.82 Å². The third-order valence-electron chi connectivity index (χ3n) is 1.93. The molecule has 12 heavy (non-hydrogen) atoms.